The second-order valence-corrected chi connectivity index (χ2v) is 7.12. The maximum Gasteiger partial charge on any atom is 0.255 e. The normalized spacial score (nSPS) is 16.9. The molecule has 0 radical (unpaired) electrons. The first kappa shape index (κ1) is 16.1. The van der Waals surface area contributed by atoms with Crippen molar-refractivity contribution in [2.24, 2.45) is 0 Å². The van der Waals surface area contributed by atoms with Gasteiger partial charge in [-0.1, -0.05) is 30.3 Å². The van der Waals surface area contributed by atoms with E-state index in [9.17, 15) is 4.79 Å². The molecule has 1 fully saturated rings. The average Bonchev–Trinajstić information content (AvgIpc) is 3.06. The molecular weight excluding hydrogens is 340 g/mol. The van der Waals surface area contributed by atoms with E-state index in [2.05, 4.69) is 9.97 Å². The van der Waals surface area contributed by atoms with Gasteiger partial charge in [0.2, 0.25) is 0 Å². The Kier molecular flexibility index (Phi) is 3.55. The lowest BCUT2D eigenvalue weighted by molar-refractivity contribution is -0.126. The summed E-state index contributed by atoms with van der Waals surface area (Å²) >= 11 is 0. The predicted molar refractivity (Wildman–Crippen MR) is 98.8 cm³/mol. The molecule has 1 aromatic carbocycles. The molecule has 2 aliphatic heterocycles. The van der Waals surface area contributed by atoms with Gasteiger partial charge < -0.3 is 9.64 Å². The number of nitrogens with zero attached hydrogens (tertiary/aromatic N) is 4. The highest BCUT2D eigenvalue weighted by molar-refractivity contribution is 5.94. The van der Waals surface area contributed by atoms with Crippen molar-refractivity contribution < 1.29 is 9.53 Å². The number of aryl methyl sites for hydroxylation is 1. The Labute approximate surface area is 156 Å². The quantitative estimate of drug-likeness (QED) is 0.705. The van der Waals surface area contributed by atoms with Crippen LogP contribution in [0.25, 0.3) is 11.4 Å². The summed E-state index contributed by atoms with van der Waals surface area (Å²) in [5.41, 5.74) is 4.00. The van der Waals surface area contributed by atoms with E-state index in [0.29, 0.717) is 31.1 Å². The van der Waals surface area contributed by atoms with Gasteiger partial charge in [-0.05, 0) is 18.6 Å². The number of fused-ring (bicyclic) bond motifs is 2. The third-order valence-electron chi connectivity index (χ3n) is 5.18. The molecule has 0 atom stereocenters. The van der Waals surface area contributed by atoms with Gasteiger partial charge in [-0.3, -0.25) is 9.78 Å². The van der Waals surface area contributed by atoms with Crippen molar-refractivity contribution in [3.8, 4) is 11.4 Å². The van der Waals surface area contributed by atoms with Gasteiger partial charge in [0.05, 0.1) is 31.0 Å². The van der Waals surface area contributed by atoms with Gasteiger partial charge in [-0.25, -0.2) is 9.97 Å². The summed E-state index contributed by atoms with van der Waals surface area (Å²) in [7, 11) is 0. The molecule has 6 heteroatoms. The minimum atomic E-state index is -0.475. The zero-order valence-electron chi connectivity index (χ0n) is 14.9. The summed E-state index contributed by atoms with van der Waals surface area (Å²) < 4.78 is 6.07. The molecule has 0 unspecified atom stereocenters. The molecule has 3 aromatic rings. The molecule has 2 aliphatic rings. The number of likely N-dealkylation sites (tertiary alicyclic amines) is 1. The van der Waals surface area contributed by atoms with E-state index in [1.54, 1.807) is 17.3 Å². The maximum absolute atomic E-state index is 12.7. The van der Waals surface area contributed by atoms with Crippen LogP contribution in [0.3, 0.4) is 0 Å². The highest BCUT2D eigenvalue weighted by Gasteiger charge is 2.52. The van der Waals surface area contributed by atoms with Crippen LogP contribution >= 0.6 is 0 Å². The fourth-order valence-electron chi connectivity index (χ4n) is 3.75. The molecule has 27 heavy (non-hydrogen) atoms. The maximum atomic E-state index is 12.7. The van der Waals surface area contributed by atoms with E-state index >= 15 is 0 Å². The van der Waals surface area contributed by atoms with Gasteiger partial charge in [-0.15, -0.1) is 0 Å². The van der Waals surface area contributed by atoms with Crippen molar-refractivity contribution in [2.75, 3.05) is 13.1 Å². The summed E-state index contributed by atoms with van der Waals surface area (Å²) in [4.78, 5) is 27.8. The fourth-order valence-corrected chi connectivity index (χ4v) is 3.75. The first-order valence-corrected chi connectivity index (χ1v) is 8.91. The third kappa shape index (κ3) is 2.61. The molecule has 1 amide bonds. The van der Waals surface area contributed by atoms with Crippen LogP contribution in [0.5, 0.6) is 0 Å². The van der Waals surface area contributed by atoms with Crippen molar-refractivity contribution in [1.29, 1.82) is 0 Å². The molecule has 0 aliphatic carbocycles. The number of aromatic nitrogens is 3. The monoisotopic (exact) mass is 358 g/mol. The van der Waals surface area contributed by atoms with E-state index in [1.807, 2.05) is 49.5 Å². The summed E-state index contributed by atoms with van der Waals surface area (Å²) in [5.74, 6) is 0.684. The summed E-state index contributed by atoms with van der Waals surface area (Å²) in [6.45, 7) is 3.41. The molecule has 0 bridgehead atoms. The van der Waals surface area contributed by atoms with Gasteiger partial charge in [0.15, 0.2) is 5.82 Å². The Balaban J connectivity index is 1.37. The fraction of sp³-hybridized carbons (Fsp3) is 0.238. The van der Waals surface area contributed by atoms with Crippen LogP contribution in [0.15, 0.2) is 55.0 Å². The lowest BCUT2D eigenvalue weighted by Gasteiger charge is -2.47. The summed E-state index contributed by atoms with van der Waals surface area (Å²) in [6, 6.07) is 11.8. The van der Waals surface area contributed by atoms with E-state index in [0.717, 1.165) is 22.4 Å². The number of amides is 1. The van der Waals surface area contributed by atoms with E-state index in [-0.39, 0.29) is 5.91 Å². The second-order valence-electron chi connectivity index (χ2n) is 7.12. The molecule has 0 saturated carbocycles. The van der Waals surface area contributed by atoms with Crippen LogP contribution in [-0.4, -0.2) is 38.8 Å². The van der Waals surface area contributed by atoms with Gasteiger partial charge >= 0.3 is 0 Å². The first-order chi connectivity index (χ1) is 13.1. The molecule has 6 nitrogen and oxygen atoms in total. The number of pyridine rings is 1. The number of hydrogen-bond donors (Lipinski definition) is 0. The summed E-state index contributed by atoms with van der Waals surface area (Å²) in [6.07, 6.45) is 5.21. The number of hydrogen-bond acceptors (Lipinski definition) is 5. The number of carbonyl (C=O) groups is 1. The highest BCUT2D eigenvalue weighted by atomic mass is 16.5. The molecule has 1 saturated heterocycles. The van der Waals surface area contributed by atoms with Crippen LogP contribution in [0.4, 0.5) is 0 Å². The SMILES string of the molecule is Cc1cncc(C(=O)N2CC3(C2)OCc2nc(-c4ccccc4)ncc23)c1. The van der Waals surface area contributed by atoms with Crippen molar-refractivity contribution in [3.05, 3.63) is 77.4 Å². The zero-order valence-corrected chi connectivity index (χ0v) is 14.9. The number of benzene rings is 1. The summed E-state index contributed by atoms with van der Waals surface area (Å²) in [5, 5.41) is 0. The molecule has 0 N–H and O–H groups in total. The molecule has 1 spiro atoms. The molecule has 4 heterocycles. The second kappa shape index (κ2) is 5.96. The lowest BCUT2D eigenvalue weighted by Crippen LogP contribution is -2.61. The molecular formula is C21H18N4O2. The van der Waals surface area contributed by atoms with Crippen molar-refractivity contribution in [1.82, 2.24) is 19.9 Å². The van der Waals surface area contributed by atoms with Gasteiger partial charge in [0, 0.05) is 29.7 Å². The molecule has 2 aromatic heterocycles. The minimum Gasteiger partial charge on any atom is -0.360 e. The Morgan fingerprint density at radius 3 is 2.74 bits per heavy atom. The van der Waals surface area contributed by atoms with E-state index < -0.39 is 5.60 Å². The Morgan fingerprint density at radius 1 is 1.15 bits per heavy atom. The van der Waals surface area contributed by atoms with Crippen molar-refractivity contribution in [2.45, 2.75) is 19.1 Å². The van der Waals surface area contributed by atoms with Gasteiger partial charge in [0.1, 0.15) is 5.60 Å². The number of carbonyl (C=O) groups excluding carboxylic acids is 1. The highest BCUT2D eigenvalue weighted by Crippen LogP contribution is 2.43. The van der Waals surface area contributed by atoms with Crippen LogP contribution in [0.2, 0.25) is 0 Å². The topological polar surface area (TPSA) is 68.2 Å². The molecule has 5 rings (SSSR count). The first-order valence-electron chi connectivity index (χ1n) is 8.91. The van der Waals surface area contributed by atoms with Crippen molar-refractivity contribution >= 4 is 5.91 Å². The Bertz CT molecular complexity index is 1030. The number of rotatable bonds is 2. The van der Waals surface area contributed by atoms with Gasteiger partial charge in [-0.2, -0.15) is 0 Å². The minimum absolute atomic E-state index is 0.0179. The molecule has 134 valence electrons. The Morgan fingerprint density at radius 2 is 1.96 bits per heavy atom. The van der Waals surface area contributed by atoms with Crippen LogP contribution < -0.4 is 0 Å². The Hall–Kier alpha value is -3.12. The smallest absolute Gasteiger partial charge is 0.255 e. The van der Waals surface area contributed by atoms with Crippen LogP contribution in [0.1, 0.15) is 27.2 Å². The van der Waals surface area contributed by atoms with E-state index in [1.165, 1.54) is 0 Å². The average molecular weight is 358 g/mol. The lowest BCUT2D eigenvalue weighted by atomic mass is 9.87. The van der Waals surface area contributed by atoms with E-state index in [4.69, 9.17) is 9.72 Å². The van der Waals surface area contributed by atoms with Crippen LogP contribution in [-0.2, 0) is 16.9 Å². The zero-order chi connectivity index (χ0) is 18.4. The standard InChI is InChI=1S/C21H18N4O2/c1-14-7-16(9-22-8-14)20(26)25-12-21(13-25)17-10-23-19(24-18(17)11-27-21)15-5-3-2-4-6-15/h2-10H,11-13H2,1H3. The van der Waals surface area contributed by atoms with Crippen LogP contribution in [0, 0.1) is 6.92 Å². The van der Waals surface area contributed by atoms with Gasteiger partial charge in [0.25, 0.3) is 5.91 Å². The third-order valence-corrected chi connectivity index (χ3v) is 5.18. The number of ether oxygens (including phenoxy) is 1. The largest absolute Gasteiger partial charge is 0.360 e. The predicted octanol–water partition coefficient (Wildman–Crippen LogP) is 2.73. The van der Waals surface area contributed by atoms with Crippen molar-refractivity contribution in [3.63, 3.8) is 0 Å².